The third kappa shape index (κ3) is 6.91. The van der Waals surface area contributed by atoms with Gasteiger partial charge in [-0.3, -0.25) is 0 Å². The van der Waals surface area contributed by atoms with Crippen LogP contribution in [0, 0.1) is 0 Å². The fraction of sp³-hybridized carbons (Fsp3) is 0.600. The molecule has 1 aromatic heterocycles. The maximum absolute atomic E-state index is 11.5. The Morgan fingerprint density at radius 2 is 2.05 bits per heavy atom. The Hall–Kier alpha value is -1.60. The molecule has 0 saturated carbocycles. The molecule has 0 bridgehead atoms. The van der Waals surface area contributed by atoms with Crippen LogP contribution in [0.3, 0.4) is 0 Å². The molecule has 124 valence electrons. The van der Waals surface area contributed by atoms with Gasteiger partial charge in [0.05, 0.1) is 13.2 Å². The van der Waals surface area contributed by atoms with Crippen LogP contribution in [0.2, 0.25) is 0 Å². The molecule has 6 nitrogen and oxygen atoms in total. The highest BCUT2D eigenvalue weighted by Gasteiger charge is 2.17. The number of carbonyl (C=O) groups is 2. The zero-order valence-electron chi connectivity index (χ0n) is 13.3. The number of esters is 1. The van der Waals surface area contributed by atoms with Gasteiger partial charge in [-0.15, -0.1) is 11.3 Å². The molecule has 0 spiro atoms. The van der Waals surface area contributed by atoms with Gasteiger partial charge in [-0.05, 0) is 45.7 Å². The quantitative estimate of drug-likeness (QED) is 0.783. The summed E-state index contributed by atoms with van der Waals surface area (Å²) in [5.41, 5.74) is -0.559. The maximum Gasteiger partial charge on any atom is 0.407 e. The van der Waals surface area contributed by atoms with Gasteiger partial charge in [-0.25, -0.2) is 9.59 Å². The second-order valence-corrected chi connectivity index (χ2v) is 7.00. The summed E-state index contributed by atoms with van der Waals surface area (Å²) in [5, 5.41) is 12.4. The topological polar surface area (TPSA) is 84.9 Å². The van der Waals surface area contributed by atoms with Gasteiger partial charge in [0.25, 0.3) is 0 Å². The summed E-state index contributed by atoms with van der Waals surface area (Å²) in [6, 6.07) is 3.54. The zero-order valence-corrected chi connectivity index (χ0v) is 14.2. The molecule has 0 aliphatic carbocycles. The van der Waals surface area contributed by atoms with Gasteiger partial charge in [0.15, 0.2) is 0 Å². The van der Waals surface area contributed by atoms with Crippen molar-refractivity contribution in [3.8, 4) is 0 Å². The summed E-state index contributed by atoms with van der Waals surface area (Å²) >= 11 is 1.34. The molecule has 1 aromatic rings. The lowest BCUT2D eigenvalue weighted by Gasteiger charge is -2.20. The summed E-state index contributed by atoms with van der Waals surface area (Å²) < 4.78 is 9.72. The molecule has 0 unspecified atom stereocenters. The van der Waals surface area contributed by atoms with Crippen LogP contribution in [0.4, 0.5) is 4.79 Å². The lowest BCUT2D eigenvalue weighted by Crippen LogP contribution is -2.37. The first-order chi connectivity index (χ1) is 10.2. The van der Waals surface area contributed by atoms with Crippen LogP contribution in [0.1, 0.15) is 41.7 Å². The number of hydrogen-bond donors (Lipinski definition) is 2. The Morgan fingerprint density at radius 3 is 2.64 bits per heavy atom. The summed E-state index contributed by atoms with van der Waals surface area (Å²) in [5.74, 6) is -0.358. The Kier molecular flexibility index (Phi) is 6.83. The van der Waals surface area contributed by atoms with E-state index < -0.39 is 17.8 Å². The molecule has 0 aliphatic heterocycles. The molecule has 2 N–H and O–H groups in total. The number of nitrogens with one attached hydrogen (secondary N) is 1. The standard InChI is InChI=1S/C15H23NO5S/c1-15(2,3)21-14(19)16-9-10(17)5-6-11-7-8-12(22-11)13(18)20-4/h7-8,10,17H,5-6,9H2,1-4H3,(H,16,19)/t10-/m0/s1. The molecule has 0 radical (unpaired) electrons. The van der Waals surface area contributed by atoms with Crippen molar-refractivity contribution in [3.05, 3.63) is 21.9 Å². The van der Waals surface area contributed by atoms with Gasteiger partial charge in [0.1, 0.15) is 10.5 Å². The minimum absolute atomic E-state index is 0.129. The van der Waals surface area contributed by atoms with Gasteiger partial charge >= 0.3 is 12.1 Å². The van der Waals surface area contributed by atoms with E-state index in [1.54, 1.807) is 26.8 Å². The number of aliphatic hydroxyl groups is 1. The van der Waals surface area contributed by atoms with E-state index in [9.17, 15) is 14.7 Å². The van der Waals surface area contributed by atoms with Crippen LogP contribution in [0.25, 0.3) is 0 Å². The fourth-order valence-corrected chi connectivity index (χ4v) is 2.59. The smallest absolute Gasteiger partial charge is 0.407 e. The minimum Gasteiger partial charge on any atom is -0.465 e. The van der Waals surface area contributed by atoms with Crippen LogP contribution in [0.5, 0.6) is 0 Å². The Balaban J connectivity index is 2.31. The number of rotatable bonds is 6. The van der Waals surface area contributed by atoms with Gasteiger partial charge in [-0.2, -0.15) is 0 Å². The van der Waals surface area contributed by atoms with Crippen molar-refractivity contribution < 1.29 is 24.2 Å². The lowest BCUT2D eigenvalue weighted by atomic mass is 10.2. The molecular formula is C15H23NO5S. The number of thiophene rings is 1. The summed E-state index contributed by atoms with van der Waals surface area (Å²) in [6.45, 7) is 5.46. The highest BCUT2D eigenvalue weighted by atomic mass is 32.1. The largest absolute Gasteiger partial charge is 0.465 e. The number of amides is 1. The van der Waals surface area contributed by atoms with Crippen molar-refractivity contribution in [2.45, 2.75) is 45.3 Å². The van der Waals surface area contributed by atoms with Crippen molar-refractivity contribution in [2.24, 2.45) is 0 Å². The van der Waals surface area contributed by atoms with Gasteiger partial charge < -0.3 is 19.9 Å². The van der Waals surface area contributed by atoms with Crippen LogP contribution in [-0.4, -0.2) is 42.5 Å². The van der Waals surface area contributed by atoms with E-state index in [1.807, 2.05) is 6.07 Å². The fourth-order valence-electron chi connectivity index (χ4n) is 1.65. The molecule has 0 aliphatic rings. The third-order valence-electron chi connectivity index (χ3n) is 2.65. The Labute approximate surface area is 134 Å². The molecule has 0 saturated heterocycles. The van der Waals surface area contributed by atoms with Gasteiger partial charge in [0, 0.05) is 11.4 Å². The minimum atomic E-state index is -0.670. The van der Waals surface area contributed by atoms with Crippen molar-refractivity contribution >= 4 is 23.4 Å². The number of aliphatic hydroxyl groups excluding tert-OH is 1. The molecule has 1 rings (SSSR count). The van der Waals surface area contributed by atoms with Crippen LogP contribution < -0.4 is 5.32 Å². The highest BCUT2D eigenvalue weighted by Crippen LogP contribution is 2.19. The molecule has 0 fully saturated rings. The first-order valence-corrected chi connectivity index (χ1v) is 7.85. The molecule has 1 heterocycles. The maximum atomic E-state index is 11.5. The molecule has 1 amide bonds. The van der Waals surface area contributed by atoms with Crippen molar-refractivity contribution in [3.63, 3.8) is 0 Å². The first-order valence-electron chi connectivity index (χ1n) is 7.03. The number of methoxy groups -OCH3 is 1. The molecule has 7 heteroatoms. The van der Waals surface area contributed by atoms with Crippen molar-refractivity contribution in [1.29, 1.82) is 0 Å². The van der Waals surface area contributed by atoms with E-state index in [-0.39, 0.29) is 12.5 Å². The van der Waals surface area contributed by atoms with E-state index in [2.05, 4.69) is 10.1 Å². The van der Waals surface area contributed by atoms with E-state index in [0.717, 1.165) is 4.88 Å². The molecule has 1 atom stereocenters. The lowest BCUT2D eigenvalue weighted by molar-refractivity contribution is 0.0488. The average Bonchev–Trinajstić information content (AvgIpc) is 2.89. The zero-order chi connectivity index (χ0) is 16.8. The second kappa shape index (κ2) is 8.14. The third-order valence-corrected chi connectivity index (χ3v) is 3.78. The van der Waals surface area contributed by atoms with E-state index in [4.69, 9.17) is 4.74 Å². The number of carbonyl (C=O) groups excluding carboxylic acids is 2. The Morgan fingerprint density at radius 1 is 1.36 bits per heavy atom. The predicted molar refractivity (Wildman–Crippen MR) is 84.2 cm³/mol. The van der Waals surface area contributed by atoms with Crippen LogP contribution in [-0.2, 0) is 15.9 Å². The number of hydrogen-bond acceptors (Lipinski definition) is 6. The summed E-state index contributed by atoms with van der Waals surface area (Å²) in [6.07, 6.45) is -0.109. The normalized spacial score (nSPS) is 12.6. The van der Waals surface area contributed by atoms with E-state index in [0.29, 0.717) is 17.7 Å². The monoisotopic (exact) mass is 329 g/mol. The van der Waals surface area contributed by atoms with Crippen molar-refractivity contribution in [2.75, 3.05) is 13.7 Å². The van der Waals surface area contributed by atoms with Gasteiger partial charge in [-0.1, -0.05) is 0 Å². The van der Waals surface area contributed by atoms with Crippen molar-refractivity contribution in [1.82, 2.24) is 5.32 Å². The Bertz CT molecular complexity index is 506. The molecule has 0 aromatic carbocycles. The van der Waals surface area contributed by atoms with Gasteiger partial charge in [0.2, 0.25) is 0 Å². The van der Waals surface area contributed by atoms with Crippen LogP contribution in [0.15, 0.2) is 12.1 Å². The predicted octanol–water partition coefficient (Wildman–Crippen LogP) is 2.35. The summed E-state index contributed by atoms with van der Waals surface area (Å²) in [7, 11) is 1.34. The first kappa shape index (κ1) is 18.4. The average molecular weight is 329 g/mol. The second-order valence-electron chi connectivity index (χ2n) is 5.83. The van der Waals surface area contributed by atoms with Crippen LogP contribution >= 0.6 is 11.3 Å². The molecule has 22 heavy (non-hydrogen) atoms. The van der Waals surface area contributed by atoms with E-state index >= 15 is 0 Å². The molecular weight excluding hydrogens is 306 g/mol. The highest BCUT2D eigenvalue weighted by molar-refractivity contribution is 7.13. The SMILES string of the molecule is COC(=O)c1ccc(CC[C@H](O)CNC(=O)OC(C)(C)C)s1. The number of alkyl carbamates (subject to hydrolysis) is 1. The van der Waals surface area contributed by atoms with E-state index in [1.165, 1.54) is 18.4 Å². The number of ether oxygens (including phenoxy) is 2. The number of aryl methyl sites for hydroxylation is 1. The summed E-state index contributed by atoms with van der Waals surface area (Å²) in [4.78, 5) is 24.3.